The minimum atomic E-state index is -4.37. The second kappa shape index (κ2) is 9.83. The molecule has 184 valence electrons. The standard InChI is InChI=1S/C20H17F7N4O3/c21-13-3-1-10(5-12(13)16-19(24,25)8-33-7-15(28)31-16)30-17(32)14-4-2-11(6-29-14)34-9-20(26,27)18(22)23/h1-6,16,18H,7-9H2,(H2,28,31)(H,30,32). The van der Waals surface area contributed by atoms with Gasteiger partial charge in [-0.2, -0.15) is 8.78 Å². The quantitative estimate of drug-likeness (QED) is 0.571. The predicted molar refractivity (Wildman–Crippen MR) is 105 cm³/mol. The van der Waals surface area contributed by atoms with Crippen LogP contribution in [0.15, 0.2) is 41.5 Å². The van der Waals surface area contributed by atoms with Crippen LogP contribution in [0.4, 0.5) is 36.4 Å². The van der Waals surface area contributed by atoms with E-state index >= 15 is 0 Å². The number of hydrogen-bond acceptors (Lipinski definition) is 6. The summed E-state index contributed by atoms with van der Waals surface area (Å²) in [6, 6.07) is 3.02. The Morgan fingerprint density at radius 2 is 2.03 bits per heavy atom. The summed E-state index contributed by atoms with van der Waals surface area (Å²) in [6.07, 6.45) is -3.06. The number of pyridine rings is 1. The van der Waals surface area contributed by atoms with Crippen LogP contribution in [0.2, 0.25) is 0 Å². The molecule has 2 heterocycles. The van der Waals surface area contributed by atoms with Gasteiger partial charge in [0.1, 0.15) is 42.4 Å². The summed E-state index contributed by atoms with van der Waals surface area (Å²) in [5.41, 5.74) is 4.64. The van der Waals surface area contributed by atoms with Crippen LogP contribution in [0.25, 0.3) is 0 Å². The van der Waals surface area contributed by atoms with E-state index in [-0.39, 0.29) is 29.6 Å². The maximum Gasteiger partial charge on any atom is 0.340 e. The van der Waals surface area contributed by atoms with Crippen molar-refractivity contribution in [1.29, 1.82) is 0 Å². The largest absolute Gasteiger partial charge is 0.485 e. The first kappa shape index (κ1) is 25.2. The van der Waals surface area contributed by atoms with E-state index < -0.39 is 54.8 Å². The topological polar surface area (TPSA) is 98.8 Å². The molecule has 1 amide bonds. The number of halogens is 7. The van der Waals surface area contributed by atoms with Gasteiger partial charge in [0.2, 0.25) is 0 Å². The fraction of sp³-hybridized carbons (Fsp3) is 0.350. The molecule has 0 saturated carbocycles. The summed E-state index contributed by atoms with van der Waals surface area (Å²) in [7, 11) is 0. The molecule has 1 atom stereocenters. The van der Waals surface area contributed by atoms with Crippen LogP contribution in [-0.2, 0) is 4.74 Å². The van der Waals surface area contributed by atoms with E-state index in [0.717, 1.165) is 36.5 Å². The zero-order valence-electron chi connectivity index (χ0n) is 17.1. The van der Waals surface area contributed by atoms with Gasteiger partial charge in [0.05, 0.1) is 6.20 Å². The Labute approximate surface area is 187 Å². The Kier molecular flexibility index (Phi) is 7.29. The van der Waals surface area contributed by atoms with E-state index in [1.54, 1.807) is 0 Å². The van der Waals surface area contributed by atoms with Crippen molar-refractivity contribution in [3.63, 3.8) is 0 Å². The first-order chi connectivity index (χ1) is 15.9. The number of benzene rings is 1. The lowest BCUT2D eigenvalue weighted by atomic mass is 10.00. The summed E-state index contributed by atoms with van der Waals surface area (Å²) in [5.74, 6) is -10.4. The average Bonchev–Trinajstić information content (AvgIpc) is 2.90. The van der Waals surface area contributed by atoms with Gasteiger partial charge in [-0.3, -0.25) is 9.79 Å². The number of nitrogens with two attached hydrogens (primary N) is 1. The van der Waals surface area contributed by atoms with Gasteiger partial charge >= 0.3 is 12.3 Å². The van der Waals surface area contributed by atoms with E-state index in [4.69, 9.17) is 10.5 Å². The summed E-state index contributed by atoms with van der Waals surface area (Å²) < 4.78 is 103. The minimum absolute atomic E-state index is 0.0742. The van der Waals surface area contributed by atoms with E-state index in [2.05, 4.69) is 20.0 Å². The van der Waals surface area contributed by atoms with Crippen molar-refractivity contribution in [2.75, 3.05) is 25.1 Å². The van der Waals surface area contributed by atoms with Gasteiger partial charge < -0.3 is 20.5 Å². The minimum Gasteiger partial charge on any atom is -0.485 e. The molecule has 0 saturated heterocycles. The number of rotatable bonds is 7. The van der Waals surface area contributed by atoms with Gasteiger partial charge in [-0.1, -0.05) is 0 Å². The van der Waals surface area contributed by atoms with Crippen molar-refractivity contribution in [3.8, 4) is 5.75 Å². The van der Waals surface area contributed by atoms with E-state index in [0.29, 0.717) is 0 Å². The molecule has 0 fully saturated rings. The summed E-state index contributed by atoms with van der Waals surface area (Å²) >= 11 is 0. The lowest BCUT2D eigenvalue weighted by Gasteiger charge is -2.22. The van der Waals surface area contributed by atoms with Crippen molar-refractivity contribution in [1.82, 2.24) is 4.98 Å². The van der Waals surface area contributed by atoms with Gasteiger partial charge in [-0.05, 0) is 30.3 Å². The fourth-order valence-corrected chi connectivity index (χ4v) is 2.83. The molecule has 2 aromatic rings. The fourth-order valence-electron chi connectivity index (χ4n) is 2.83. The van der Waals surface area contributed by atoms with Crippen LogP contribution < -0.4 is 15.8 Å². The molecule has 1 aromatic heterocycles. The number of anilines is 1. The Hall–Kier alpha value is -3.42. The molecule has 0 spiro atoms. The molecule has 0 bridgehead atoms. The number of hydrogen-bond donors (Lipinski definition) is 2. The van der Waals surface area contributed by atoms with Crippen molar-refractivity contribution < 1.29 is 45.0 Å². The first-order valence-electron chi connectivity index (χ1n) is 9.52. The smallest absolute Gasteiger partial charge is 0.340 e. The Morgan fingerprint density at radius 1 is 1.29 bits per heavy atom. The molecular weight excluding hydrogens is 477 g/mol. The molecular formula is C20H17F7N4O3. The maximum atomic E-state index is 14.4. The van der Waals surface area contributed by atoms with E-state index in [1.807, 2.05) is 0 Å². The summed E-state index contributed by atoms with van der Waals surface area (Å²) in [4.78, 5) is 19.7. The molecule has 0 radical (unpaired) electrons. The number of ether oxygens (including phenoxy) is 2. The summed E-state index contributed by atoms with van der Waals surface area (Å²) in [5, 5.41) is 2.33. The number of amides is 1. The number of carbonyl (C=O) groups is 1. The van der Waals surface area contributed by atoms with Gasteiger partial charge in [0, 0.05) is 11.3 Å². The van der Waals surface area contributed by atoms with Gasteiger partial charge in [0.25, 0.3) is 11.8 Å². The van der Waals surface area contributed by atoms with Crippen molar-refractivity contribution >= 4 is 17.4 Å². The molecule has 34 heavy (non-hydrogen) atoms. The molecule has 3 N–H and O–H groups in total. The molecule has 1 unspecified atom stereocenters. The number of aliphatic imine (C=N–C) groups is 1. The number of aromatic nitrogens is 1. The number of nitrogens with one attached hydrogen (secondary N) is 1. The highest BCUT2D eigenvalue weighted by molar-refractivity contribution is 6.02. The zero-order valence-corrected chi connectivity index (χ0v) is 17.1. The van der Waals surface area contributed by atoms with Crippen molar-refractivity contribution in [2.24, 2.45) is 10.7 Å². The second-order valence-corrected chi connectivity index (χ2v) is 7.20. The SMILES string of the molecule is NC1=NC(c2cc(NC(=O)c3ccc(OCC(F)(F)C(F)F)cn3)ccc2F)C(F)(F)COC1. The normalized spacial score (nSPS) is 18.2. The third kappa shape index (κ3) is 5.92. The lowest BCUT2D eigenvalue weighted by Crippen LogP contribution is -2.33. The highest BCUT2D eigenvalue weighted by Gasteiger charge is 2.44. The van der Waals surface area contributed by atoms with Gasteiger partial charge in [-0.25, -0.2) is 26.9 Å². The number of carbonyl (C=O) groups excluding carboxylic acids is 1. The van der Waals surface area contributed by atoms with Crippen LogP contribution in [0, 0.1) is 5.82 Å². The Morgan fingerprint density at radius 3 is 2.68 bits per heavy atom. The Balaban J connectivity index is 1.74. The highest BCUT2D eigenvalue weighted by atomic mass is 19.3. The monoisotopic (exact) mass is 494 g/mol. The summed E-state index contributed by atoms with van der Waals surface area (Å²) in [6.45, 7) is -2.99. The number of nitrogens with zero attached hydrogens (tertiary/aromatic N) is 2. The number of amidine groups is 1. The van der Waals surface area contributed by atoms with Crippen LogP contribution >= 0.6 is 0 Å². The van der Waals surface area contributed by atoms with E-state index in [9.17, 15) is 35.5 Å². The molecule has 3 rings (SSSR count). The molecule has 0 aliphatic carbocycles. The van der Waals surface area contributed by atoms with Gasteiger partial charge in [0.15, 0.2) is 6.61 Å². The van der Waals surface area contributed by atoms with Crippen LogP contribution in [0.5, 0.6) is 5.75 Å². The number of alkyl halides is 6. The Bertz CT molecular complexity index is 1060. The second-order valence-electron chi connectivity index (χ2n) is 7.20. The van der Waals surface area contributed by atoms with Crippen LogP contribution in [-0.4, -0.2) is 54.8 Å². The lowest BCUT2D eigenvalue weighted by molar-refractivity contribution is -0.148. The third-order valence-electron chi connectivity index (χ3n) is 4.51. The molecule has 1 aliphatic rings. The van der Waals surface area contributed by atoms with Gasteiger partial charge in [-0.15, -0.1) is 0 Å². The van der Waals surface area contributed by atoms with Crippen molar-refractivity contribution in [2.45, 2.75) is 24.3 Å². The molecule has 14 heteroatoms. The zero-order chi connectivity index (χ0) is 25.1. The van der Waals surface area contributed by atoms with Crippen LogP contribution in [0.1, 0.15) is 22.1 Å². The molecule has 1 aromatic carbocycles. The van der Waals surface area contributed by atoms with E-state index in [1.165, 1.54) is 0 Å². The van der Waals surface area contributed by atoms with Crippen molar-refractivity contribution in [3.05, 3.63) is 53.6 Å². The maximum absolute atomic E-state index is 14.4. The highest BCUT2D eigenvalue weighted by Crippen LogP contribution is 2.38. The van der Waals surface area contributed by atoms with Crippen LogP contribution in [0.3, 0.4) is 0 Å². The molecule has 1 aliphatic heterocycles. The predicted octanol–water partition coefficient (Wildman–Crippen LogP) is 3.82. The third-order valence-corrected chi connectivity index (χ3v) is 4.51. The molecule has 7 nitrogen and oxygen atoms in total. The first-order valence-corrected chi connectivity index (χ1v) is 9.52. The average molecular weight is 494 g/mol.